The minimum Gasteiger partial charge on any atom is -0.357 e. The first-order chi connectivity index (χ1) is 15.0. The van der Waals surface area contributed by atoms with E-state index in [0.29, 0.717) is 13.1 Å². The molecule has 0 fully saturated rings. The van der Waals surface area contributed by atoms with Crippen LogP contribution in [-0.2, 0) is 19.6 Å². The van der Waals surface area contributed by atoms with Crippen LogP contribution in [0.5, 0.6) is 0 Å². The highest BCUT2D eigenvalue weighted by Gasteiger charge is 2.09. The van der Waals surface area contributed by atoms with Crippen molar-refractivity contribution < 1.29 is 0 Å². The largest absolute Gasteiger partial charge is 0.357 e. The highest BCUT2D eigenvalue weighted by Crippen LogP contribution is 2.17. The van der Waals surface area contributed by atoms with Gasteiger partial charge in [-0.15, -0.1) is 0 Å². The van der Waals surface area contributed by atoms with Crippen molar-refractivity contribution in [2.75, 3.05) is 20.6 Å². The predicted octanol–water partition coefficient (Wildman–Crippen LogP) is 3.81. The van der Waals surface area contributed by atoms with E-state index in [9.17, 15) is 0 Å². The number of aliphatic imine (C=N–C) groups is 1. The third kappa shape index (κ3) is 6.43. The van der Waals surface area contributed by atoms with Gasteiger partial charge in [-0.1, -0.05) is 42.5 Å². The van der Waals surface area contributed by atoms with Gasteiger partial charge in [0.1, 0.15) is 0 Å². The lowest BCUT2D eigenvalue weighted by molar-refractivity contribution is 0.402. The molecule has 0 aliphatic carbocycles. The lowest BCUT2D eigenvalue weighted by atomic mass is 10.1. The predicted molar refractivity (Wildman–Crippen MR) is 129 cm³/mol. The summed E-state index contributed by atoms with van der Waals surface area (Å²) < 4.78 is 2.01. The number of hydrogen-bond acceptors (Lipinski definition) is 3. The number of guanidine groups is 1. The molecule has 0 spiro atoms. The molecule has 0 radical (unpaired) electrons. The molecule has 2 aromatic carbocycles. The quantitative estimate of drug-likeness (QED) is 0.431. The van der Waals surface area contributed by atoms with Crippen LogP contribution in [0, 0.1) is 13.8 Å². The molecule has 0 atom stereocenters. The Labute approximate surface area is 186 Å². The average Bonchev–Trinajstić information content (AvgIpc) is 3.08. The minimum absolute atomic E-state index is 0.636. The molecule has 0 bridgehead atoms. The summed E-state index contributed by atoms with van der Waals surface area (Å²) in [5, 5.41) is 11.5. The molecule has 0 aliphatic heterocycles. The number of nitrogens with one attached hydrogen (secondary N) is 2. The first-order valence-corrected chi connectivity index (χ1v) is 10.8. The van der Waals surface area contributed by atoms with E-state index >= 15 is 0 Å². The SMILES string of the molecule is CCNC(=NCc1ccc(CN(C)C)cc1)NCc1ccccc1-n1nc(C)cc1C. The average molecular weight is 419 g/mol. The fourth-order valence-electron chi connectivity index (χ4n) is 3.55. The molecule has 6 heteroatoms. The van der Waals surface area contributed by atoms with Gasteiger partial charge in [0.15, 0.2) is 5.96 Å². The second-order valence-electron chi connectivity index (χ2n) is 8.07. The smallest absolute Gasteiger partial charge is 0.191 e. The van der Waals surface area contributed by atoms with Crippen molar-refractivity contribution in [3.63, 3.8) is 0 Å². The molecule has 1 aromatic heterocycles. The molecule has 31 heavy (non-hydrogen) atoms. The monoisotopic (exact) mass is 418 g/mol. The summed E-state index contributed by atoms with van der Waals surface area (Å²) in [4.78, 5) is 6.95. The van der Waals surface area contributed by atoms with Crippen LogP contribution in [0.15, 0.2) is 59.6 Å². The van der Waals surface area contributed by atoms with E-state index in [-0.39, 0.29) is 0 Å². The molecule has 0 saturated heterocycles. The maximum absolute atomic E-state index is 4.78. The van der Waals surface area contributed by atoms with Crippen LogP contribution >= 0.6 is 0 Å². The van der Waals surface area contributed by atoms with Crippen LogP contribution in [0.2, 0.25) is 0 Å². The van der Waals surface area contributed by atoms with Crippen molar-refractivity contribution in [1.82, 2.24) is 25.3 Å². The van der Waals surface area contributed by atoms with E-state index in [0.717, 1.165) is 36.1 Å². The zero-order valence-electron chi connectivity index (χ0n) is 19.3. The van der Waals surface area contributed by atoms with Crippen LogP contribution in [0.25, 0.3) is 5.69 Å². The van der Waals surface area contributed by atoms with Gasteiger partial charge in [-0.2, -0.15) is 5.10 Å². The summed E-state index contributed by atoms with van der Waals surface area (Å²) in [5.74, 6) is 0.808. The van der Waals surface area contributed by atoms with E-state index in [4.69, 9.17) is 4.99 Å². The Balaban J connectivity index is 1.69. The van der Waals surface area contributed by atoms with Gasteiger partial charge in [0.2, 0.25) is 0 Å². The number of aryl methyl sites for hydroxylation is 2. The van der Waals surface area contributed by atoms with E-state index < -0.39 is 0 Å². The van der Waals surface area contributed by atoms with Crippen LogP contribution < -0.4 is 10.6 Å². The summed E-state index contributed by atoms with van der Waals surface area (Å²) in [7, 11) is 4.17. The van der Waals surface area contributed by atoms with Gasteiger partial charge in [0, 0.05) is 25.3 Å². The Morgan fingerprint density at radius 3 is 2.35 bits per heavy atom. The molecular formula is C25H34N6. The maximum Gasteiger partial charge on any atom is 0.191 e. The number of hydrogen-bond donors (Lipinski definition) is 2. The molecule has 2 N–H and O–H groups in total. The summed E-state index contributed by atoms with van der Waals surface area (Å²) >= 11 is 0. The van der Waals surface area contributed by atoms with Crippen LogP contribution in [0.1, 0.15) is 35.0 Å². The third-order valence-corrected chi connectivity index (χ3v) is 4.96. The second kappa shape index (κ2) is 10.8. The number of rotatable bonds is 8. The number of benzene rings is 2. The number of para-hydroxylation sites is 1. The lowest BCUT2D eigenvalue weighted by Crippen LogP contribution is -2.37. The molecule has 164 valence electrons. The molecule has 3 rings (SSSR count). The van der Waals surface area contributed by atoms with E-state index in [1.165, 1.54) is 16.7 Å². The van der Waals surface area contributed by atoms with Crippen LogP contribution in [0.4, 0.5) is 0 Å². The van der Waals surface area contributed by atoms with Gasteiger partial charge in [-0.05, 0) is 63.7 Å². The van der Waals surface area contributed by atoms with Crippen molar-refractivity contribution in [1.29, 1.82) is 0 Å². The molecular weight excluding hydrogens is 384 g/mol. The Morgan fingerprint density at radius 2 is 1.71 bits per heavy atom. The van der Waals surface area contributed by atoms with E-state index in [1.807, 2.05) is 11.6 Å². The summed E-state index contributed by atoms with van der Waals surface area (Å²) in [5.41, 5.74) is 6.92. The summed E-state index contributed by atoms with van der Waals surface area (Å²) in [6.45, 7) is 9.25. The molecule has 0 aliphatic rings. The zero-order chi connectivity index (χ0) is 22.2. The van der Waals surface area contributed by atoms with Crippen molar-refractivity contribution >= 4 is 5.96 Å². The first kappa shape index (κ1) is 22.6. The molecule has 6 nitrogen and oxygen atoms in total. The Bertz CT molecular complexity index is 1000. The van der Waals surface area contributed by atoms with Gasteiger partial charge in [-0.25, -0.2) is 9.67 Å². The normalized spacial score (nSPS) is 11.7. The van der Waals surface area contributed by atoms with Gasteiger partial charge in [-0.3, -0.25) is 0 Å². The van der Waals surface area contributed by atoms with Crippen molar-refractivity contribution in [3.8, 4) is 5.69 Å². The van der Waals surface area contributed by atoms with Gasteiger partial charge < -0.3 is 15.5 Å². The Kier molecular flexibility index (Phi) is 7.84. The Morgan fingerprint density at radius 1 is 1.00 bits per heavy atom. The molecule has 0 amide bonds. The van der Waals surface area contributed by atoms with Crippen molar-refractivity contribution in [2.24, 2.45) is 4.99 Å². The zero-order valence-corrected chi connectivity index (χ0v) is 19.3. The number of nitrogens with zero attached hydrogens (tertiary/aromatic N) is 4. The minimum atomic E-state index is 0.636. The van der Waals surface area contributed by atoms with Crippen molar-refractivity contribution in [3.05, 3.63) is 82.7 Å². The van der Waals surface area contributed by atoms with E-state index in [2.05, 4.69) is 103 Å². The van der Waals surface area contributed by atoms with Crippen LogP contribution in [-0.4, -0.2) is 41.3 Å². The third-order valence-electron chi connectivity index (χ3n) is 4.96. The highest BCUT2D eigenvalue weighted by atomic mass is 15.3. The molecule has 0 saturated carbocycles. The standard InChI is InChI=1S/C25H34N6/c1-6-26-25(27-16-21-11-13-22(14-12-21)18-30(4)5)28-17-23-9-7-8-10-24(23)31-20(3)15-19(2)29-31/h7-15H,6,16-18H2,1-5H3,(H2,26,27,28). The Hall–Kier alpha value is -3.12. The van der Waals surface area contributed by atoms with Gasteiger partial charge in [0.05, 0.1) is 17.9 Å². The van der Waals surface area contributed by atoms with Gasteiger partial charge >= 0.3 is 0 Å². The first-order valence-electron chi connectivity index (χ1n) is 10.8. The van der Waals surface area contributed by atoms with E-state index in [1.54, 1.807) is 0 Å². The lowest BCUT2D eigenvalue weighted by Gasteiger charge is -2.15. The van der Waals surface area contributed by atoms with Crippen molar-refractivity contribution in [2.45, 2.75) is 40.4 Å². The fourth-order valence-corrected chi connectivity index (χ4v) is 3.55. The fraction of sp³-hybridized carbons (Fsp3) is 0.360. The molecule has 1 heterocycles. The topological polar surface area (TPSA) is 57.5 Å². The second-order valence-corrected chi connectivity index (χ2v) is 8.07. The maximum atomic E-state index is 4.78. The molecule has 0 unspecified atom stereocenters. The molecule has 3 aromatic rings. The van der Waals surface area contributed by atoms with Gasteiger partial charge in [0.25, 0.3) is 0 Å². The van der Waals surface area contributed by atoms with Crippen LogP contribution in [0.3, 0.4) is 0 Å². The highest BCUT2D eigenvalue weighted by molar-refractivity contribution is 5.79. The summed E-state index contributed by atoms with van der Waals surface area (Å²) in [6, 6.07) is 19.1. The number of aromatic nitrogens is 2. The summed E-state index contributed by atoms with van der Waals surface area (Å²) in [6.07, 6.45) is 0.